The number of hydrogen-bond donors (Lipinski definition) is 0. The van der Waals surface area contributed by atoms with Gasteiger partial charge in [-0.3, -0.25) is 14.4 Å². The summed E-state index contributed by atoms with van der Waals surface area (Å²) in [6, 6.07) is 0. The van der Waals surface area contributed by atoms with E-state index >= 15 is 0 Å². The average Bonchev–Trinajstić information content (AvgIpc) is 3.34. The molecule has 0 N–H and O–H groups in total. The maximum absolute atomic E-state index is 12.7. The van der Waals surface area contributed by atoms with Crippen molar-refractivity contribution in [1.82, 2.24) is 4.90 Å². The fraction of sp³-hybridized carbons (Fsp3) is 0.607. The number of carbonyl (C=O) groups is 3. The van der Waals surface area contributed by atoms with E-state index in [2.05, 4.69) is 45.9 Å². The van der Waals surface area contributed by atoms with E-state index in [4.69, 9.17) is 0 Å². The van der Waals surface area contributed by atoms with Crippen molar-refractivity contribution in [2.75, 3.05) is 0 Å². The normalized spacial score (nSPS) is 37.9. The number of likely N-dealkylation sites (tertiary alicyclic amines) is 1. The van der Waals surface area contributed by atoms with Crippen LogP contribution >= 0.6 is 0 Å². The van der Waals surface area contributed by atoms with Crippen LogP contribution in [0, 0.1) is 35.0 Å². The summed E-state index contributed by atoms with van der Waals surface area (Å²) < 4.78 is 0. The third-order valence-corrected chi connectivity index (χ3v) is 8.70. The molecule has 4 aliphatic rings. The molecule has 0 bridgehead atoms. The zero-order valence-electron chi connectivity index (χ0n) is 20.0. The van der Waals surface area contributed by atoms with Crippen molar-refractivity contribution in [1.29, 1.82) is 0 Å². The lowest BCUT2D eigenvalue weighted by Gasteiger charge is -2.51. The third kappa shape index (κ3) is 3.76. The SMILES string of the molecule is C/C=C(\C)[C@H]1C(C)=C[C@H]2CCCC[C@@H]2[C@@]1(C)/C=C/C=C/C(=O)N1C(=O)[C@H]2CCC[C@H]2C1=O. The quantitative estimate of drug-likeness (QED) is 0.244. The second kappa shape index (κ2) is 8.96. The molecule has 0 aromatic rings. The first-order valence-electron chi connectivity index (χ1n) is 12.4. The first kappa shape index (κ1) is 22.9. The van der Waals surface area contributed by atoms with Gasteiger partial charge in [0.2, 0.25) is 11.8 Å². The molecule has 3 aliphatic carbocycles. The number of amides is 3. The van der Waals surface area contributed by atoms with Crippen LogP contribution in [-0.4, -0.2) is 22.6 Å². The summed E-state index contributed by atoms with van der Waals surface area (Å²) in [5.41, 5.74) is 2.80. The lowest BCUT2D eigenvalue weighted by Crippen LogP contribution is -2.43. The highest BCUT2D eigenvalue weighted by molar-refractivity contribution is 6.19. The number of nitrogens with zero attached hydrogens (tertiary/aromatic N) is 1. The van der Waals surface area contributed by atoms with Gasteiger partial charge in [-0.15, -0.1) is 0 Å². The number of allylic oxidation sites excluding steroid dienone is 7. The molecule has 172 valence electrons. The van der Waals surface area contributed by atoms with Crippen LogP contribution in [0.15, 0.2) is 47.6 Å². The van der Waals surface area contributed by atoms with Gasteiger partial charge in [-0.1, -0.05) is 67.7 Å². The number of carbonyl (C=O) groups excluding carboxylic acids is 3. The van der Waals surface area contributed by atoms with E-state index in [0.717, 1.165) is 24.2 Å². The van der Waals surface area contributed by atoms with Gasteiger partial charge in [0.05, 0.1) is 11.8 Å². The second-order valence-electron chi connectivity index (χ2n) is 10.5. The monoisotopic (exact) mass is 435 g/mol. The van der Waals surface area contributed by atoms with E-state index in [1.54, 1.807) is 6.08 Å². The van der Waals surface area contributed by atoms with E-state index in [9.17, 15) is 14.4 Å². The van der Waals surface area contributed by atoms with Crippen LogP contribution in [0.5, 0.6) is 0 Å². The Hall–Kier alpha value is -2.23. The fourth-order valence-electron chi connectivity index (χ4n) is 7.19. The highest BCUT2D eigenvalue weighted by Gasteiger charge is 2.51. The zero-order chi connectivity index (χ0) is 23.0. The maximum Gasteiger partial charge on any atom is 0.260 e. The van der Waals surface area contributed by atoms with Gasteiger partial charge < -0.3 is 0 Å². The van der Waals surface area contributed by atoms with Crippen molar-refractivity contribution < 1.29 is 14.4 Å². The summed E-state index contributed by atoms with van der Waals surface area (Å²) in [5, 5.41) is 0. The molecule has 0 radical (unpaired) electrons. The summed E-state index contributed by atoms with van der Waals surface area (Å²) >= 11 is 0. The molecule has 0 spiro atoms. The first-order valence-corrected chi connectivity index (χ1v) is 12.4. The number of imide groups is 3. The minimum Gasteiger partial charge on any atom is -0.274 e. The summed E-state index contributed by atoms with van der Waals surface area (Å²) in [6.07, 6.45) is 19.5. The molecule has 3 fully saturated rings. The van der Waals surface area contributed by atoms with Crippen LogP contribution in [0.1, 0.15) is 72.6 Å². The molecule has 3 amide bonds. The Labute approximate surface area is 192 Å². The maximum atomic E-state index is 12.7. The molecule has 4 heteroatoms. The van der Waals surface area contributed by atoms with Crippen LogP contribution in [0.3, 0.4) is 0 Å². The molecule has 0 aromatic heterocycles. The Morgan fingerprint density at radius 3 is 2.34 bits per heavy atom. The lowest BCUT2D eigenvalue weighted by atomic mass is 9.53. The molecule has 0 aromatic carbocycles. The molecule has 1 saturated heterocycles. The Kier molecular flexibility index (Phi) is 6.42. The summed E-state index contributed by atoms with van der Waals surface area (Å²) in [7, 11) is 0. The first-order chi connectivity index (χ1) is 15.3. The van der Waals surface area contributed by atoms with E-state index in [1.807, 2.05) is 6.08 Å². The number of fused-ring (bicyclic) bond motifs is 2. The highest BCUT2D eigenvalue weighted by atomic mass is 16.2. The largest absolute Gasteiger partial charge is 0.274 e. The Morgan fingerprint density at radius 1 is 1.03 bits per heavy atom. The third-order valence-electron chi connectivity index (χ3n) is 8.70. The predicted molar refractivity (Wildman–Crippen MR) is 126 cm³/mol. The Morgan fingerprint density at radius 2 is 1.69 bits per heavy atom. The molecule has 4 nitrogen and oxygen atoms in total. The molecular formula is C28H37NO3. The van der Waals surface area contributed by atoms with Gasteiger partial charge in [0.1, 0.15) is 0 Å². The van der Waals surface area contributed by atoms with Gasteiger partial charge in [-0.2, -0.15) is 0 Å². The van der Waals surface area contributed by atoms with Crippen molar-refractivity contribution in [2.24, 2.45) is 35.0 Å². The Bertz CT molecular complexity index is 901. The topological polar surface area (TPSA) is 54.5 Å². The van der Waals surface area contributed by atoms with Crippen LogP contribution < -0.4 is 0 Å². The fourth-order valence-corrected chi connectivity index (χ4v) is 7.19. The van der Waals surface area contributed by atoms with Crippen molar-refractivity contribution in [3.8, 4) is 0 Å². The van der Waals surface area contributed by atoms with E-state index < -0.39 is 5.91 Å². The van der Waals surface area contributed by atoms with Gasteiger partial charge in [-0.25, -0.2) is 4.90 Å². The highest BCUT2D eigenvalue weighted by Crippen LogP contribution is 2.55. The standard InChI is InChI=1S/C28H37NO3/c1-5-18(2)25-19(3)17-20-11-6-7-14-23(20)28(25,4)16-9-8-15-24(30)29-26(31)21-12-10-13-22(21)27(29)32/h5,8-9,15-17,20-23,25H,6-7,10-14H2,1-4H3/b15-8+,16-9+,18-5+/t20-,21-,22+,23+,25+,28-/m1/s1. The molecule has 0 unspecified atom stereocenters. The number of rotatable bonds is 4. The minimum atomic E-state index is -0.499. The van der Waals surface area contributed by atoms with Crippen LogP contribution in [-0.2, 0) is 14.4 Å². The molecule has 4 rings (SSSR count). The van der Waals surface area contributed by atoms with Crippen LogP contribution in [0.4, 0.5) is 0 Å². The predicted octanol–water partition coefficient (Wildman–Crippen LogP) is 5.77. The van der Waals surface area contributed by atoms with Crippen molar-refractivity contribution in [2.45, 2.75) is 72.6 Å². The van der Waals surface area contributed by atoms with Gasteiger partial charge in [0.25, 0.3) is 5.91 Å². The molecule has 1 aliphatic heterocycles. The second-order valence-corrected chi connectivity index (χ2v) is 10.5. The van der Waals surface area contributed by atoms with E-state index in [-0.39, 0.29) is 29.1 Å². The summed E-state index contributed by atoms with van der Waals surface area (Å²) in [4.78, 5) is 38.6. The van der Waals surface area contributed by atoms with Gasteiger partial charge in [-0.05, 0) is 63.7 Å². The van der Waals surface area contributed by atoms with Gasteiger partial charge in [0.15, 0.2) is 0 Å². The summed E-state index contributed by atoms with van der Waals surface area (Å²) in [6.45, 7) is 8.95. The number of hydrogen-bond acceptors (Lipinski definition) is 3. The molecule has 6 atom stereocenters. The smallest absolute Gasteiger partial charge is 0.260 e. The van der Waals surface area contributed by atoms with Crippen molar-refractivity contribution in [3.63, 3.8) is 0 Å². The van der Waals surface area contributed by atoms with Crippen molar-refractivity contribution >= 4 is 17.7 Å². The van der Waals surface area contributed by atoms with Gasteiger partial charge >= 0.3 is 0 Å². The molecular weight excluding hydrogens is 398 g/mol. The van der Waals surface area contributed by atoms with Crippen LogP contribution in [0.25, 0.3) is 0 Å². The minimum absolute atomic E-state index is 0.0236. The van der Waals surface area contributed by atoms with Crippen LogP contribution in [0.2, 0.25) is 0 Å². The average molecular weight is 436 g/mol. The van der Waals surface area contributed by atoms with E-state index in [1.165, 1.54) is 42.9 Å². The van der Waals surface area contributed by atoms with Crippen molar-refractivity contribution in [3.05, 3.63) is 47.6 Å². The van der Waals surface area contributed by atoms with Gasteiger partial charge in [0, 0.05) is 12.0 Å². The molecule has 1 heterocycles. The van der Waals surface area contributed by atoms with E-state index in [0.29, 0.717) is 17.8 Å². The molecule has 2 saturated carbocycles. The molecule has 32 heavy (non-hydrogen) atoms. The summed E-state index contributed by atoms with van der Waals surface area (Å²) in [5.74, 6) is -0.104. The zero-order valence-corrected chi connectivity index (χ0v) is 20.0. The Balaban J connectivity index is 1.54. The lowest BCUT2D eigenvalue weighted by molar-refractivity contribution is -0.148.